The molecule has 5 rings (SSSR count). The molecule has 2 aromatic rings. The number of sulfonamides is 1. The van der Waals surface area contributed by atoms with Crippen molar-refractivity contribution in [3.8, 4) is 0 Å². The monoisotopic (exact) mass is 592 g/mol. The molecule has 3 aliphatic rings. The Hall–Kier alpha value is -2.13. The van der Waals surface area contributed by atoms with Gasteiger partial charge in [-0.05, 0) is 67.5 Å². The van der Waals surface area contributed by atoms with Crippen molar-refractivity contribution in [3.05, 3.63) is 69.7 Å². The molecule has 0 bridgehead atoms. The van der Waals surface area contributed by atoms with Gasteiger partial charge in [-0.2, -0.15) is 0 Å². The Morgan fingerprint density at radius 2 is 1.79 bits per heavy atom. The maximum Gasteiger partial charge on any atom is 0.309 e. The smallest absolute Gasteiger partial charge is 0.309 e. The number of piperidine rings is 1. The lowest BCUT2D eigenvalue weighted by atomic mass is 9.72. The minimum Gasteiger partial charge on any atom is -0.469 e. The van der Waals surface area contributed by atoms with Gasteiger partial charge in [-0.25, -0.2) is 12.7 Å². The van der Waals surface area contributed by atoms with E-state index < -0.39 is 33.4 Å². The predicted octanol–water partition coefficient (Wildman–Crippen LogP) is 5.43. The number of likely N-dealkylation sites (tertiary alicyclic amines) is 1. The van der Waals surface area contributed by atoms with Gasteiger partial charge in [-0.1, -0.05) is 54.4 Å². The van der Waals surface area contributed by atoms with Crippen LogP contribution in [0.4, 0.5) is 0 Å². The molecule has 3 fully saturated rings. The second-order valence-corrected chi connectivity index (χ2v) is 14.3. The zero-order valence-corrected chi connectivity index (χ0v) is 24.7. The quantitative estimate of drug-likeness (QED) is 0.362. The van der Waals surface area contributed by atoms with Crippen LogP contribution in [0, 0.1) is 11.3 Å². The van der Waals surface area contributed by atoms with Crippen LogP contribution >= 0.6 is 23.2 Å². The summed E-state index contributed by atoms with van der Waals surface area (Å²) >= 11 is 12.7. The summed E-state index contributed by atoms with van der Waals surface area (Å²) in [4.78, 5) is 29.1. The Morgan fingerprint density at radius 3 is 2.38 bits per heavy atom. The number of amides is 1. The number of likely N-dealkylation sites (N-methyl/N-ethyl adjacent to an activating group) is 1. The standard InChI is InChI=1S/C29H34Cl2N2O5S/c1-4-22(17-32(2)39(36,37)23-12-13-23)33-26(18-8-10-20(30)11-9-18)24(19-6-5-7-21(31)14-19)15-29(28(33)35)16-25(29)27(34)38-3/h5-11,14,22-26H,4,12-13,15-17H2,1-3H3/t22-,24+,25?,26+,29-/m0/s1. The highest BCUT2D eigenvalue weighted by Gasteiger charge is 2.69. The summed E-state index contributed by atoms with van der Waals surface area (Å²) in [6.45, 7) is 2.14. The third-order valence-corrected chi connectivity index (χ3v) is 11.5. The van der Waals surface area contributed by atoms with Gasteiger partial charge >= 0.3 is 5.97 Å². The molecule has 1 unspecified atom stereocenters. The van der Waals surface area contributed by atoms with E-state index in [1.807, 2.05) is 48.2 Å². The number of hydrogen-bond acceptors (Lipinski definition) is 5. The van der Waals surface area contributed by atoms with E-state index in [0.717, 1.165) is 11.1 Å². The molecule has 0 radical (unpaired) electrons. The number of hydrogen-bond donors (Lipinski definition) is 0. The van der Waals surface area contributed by atoms with Gasteiger partial charge in [-0.15, -0.1) is 0 Å². The van der Waals surface area contributed by atoms with Gasteiger partial charge in [0.1, 0.15) is 0 Å². The molecule has 1 saturated heterocycles. The number of halogens is 2. The minimum absolute atomic E-state index is 0.125. The average Bonchev–Trinajstić information content (AvgIpc) is 3.84. The fraction of sp³-hybridized carbons (Fsp3) is 0.517. The Balaban J connectivity index is 1.63. The molecule has 0 aromatic heterocycles. The maximum atomic E-state index is 14.5. The lowest BCUT2D eigenvalue weighted by Crippen LogP contribution is -2.56. The molecule has 1 aliphatic heterocycles. The van der Waals surface area contributed by atoms with Crippen molar-refractivity contribution in [2.24, 2.45) is 11.3 Å². The number of carbonyl (C=O) groups is 2. The SMILES string of the molecule is CC[C@@H](CN(C)S(=O)(=O)C1CC1)N1C(=O)[C@]2(CC2C(=O)OC)C[C@H](c2cccc(Cl)c2)[C@H]1c1ccc(Cl)cc1. The van der Waals surface area contributed by atoms with E-state index in [9.17, 15) is 18.0 Å². The van der Waals surface area contributed by atoms with Gasteiger partial charge in [0.05, 0.1) is 29.7 Å². The molecule has 2 aliphatic carbocycles. The van der Waals surface area contributed by atoms with Crippen LogP contribution in [0.3, 0.4) is 0 Å². The molecule has 2 saturated carbocycles. The third-order valence-electron chi connectivity index (χ3n) is 8.69. The fourth-order valence-corrected chi connectivity index (χ4v) is 8.25. The van der Waals surface area contributed by atoms with E-state index in [2.05, 4.69) is 0 Å². The molecule has 2 aromatic carbocycles. The molecular weight excluding hydrogens is 559 g/mol. The normalized spacial score (nSPS) is 27.6. The zero-order valence-electron chi connectivity index (χ0n) is 22.3. The first-order chi connectivity index (χ1) is 18.5. The van der Waals surface area contributed by atoms with Crippen molar-refractivity contribution < 1.29 is 22.7 Å². The van der Waals surface area contributed by atoms with E-state index in [-0.39, 0.29) is 29.6 Å². The van der Waals surface area contributed by atoms with Crippen LogP contribution < -0.4 is 0 Å². The third kappa shape index (κ3) is 5.21. The number of esters is 1. The van der Waals surface area contributed by atoms with Crippen LogP contribution in [-0.4, -0.2) is 61.5 Å². The largest absolute Gasteiger partial charge is 0.469 e. The summed E-state index contributed by atoms with van der Waals surface area (Å²) in [6, 6.07) is 14.3. The summed E-state index contributed by atoms with van der Waals surface area (Å²) in [6.07, 6.45) is 2.75. The summed E-state index contributed by atoms with van der Waals surface area (Å²) in [5, 5.41) is 0.822. The number of carbonyl (C=O) groups excluding carboxylic acids is 2. The van der Waals surface area contributed by atoms with E-state index >= 15 is 0 Å². The highest BCUT2D eigenvalue weighted by atomic mass is 35.5. The summed E-state index contributed by atoms with van der Waals surface area (Å²) in [5.74, 6) is -1.23. The van der Waals surface area contributed by atoms with Crippen LogP contribution in [0.2, 0.25) is 10.0 Å². The Kier molecular flexibility index (Phi) is 7.79. The lowest BCUT2D eigenvalue weighted by molar-refractivity contribution is -0.155. The van der Waals surface area contributed by atoms with Crippen molar-refractivity contribution in [2.45, 2.75) is 62.3 Å². The molecule has 1 heterocycles. The Bertz CT molecular complexity index is 1360. The number of benzene rings is 2. The Labute approximate surface area is 240 Å². The van der Waals surface area contributed by atoms with E-state index in [4.69, 9.17) is 27.9 Å². The molecule has 39 heavy (non-hydrogen) atoms. The van der Waals surface area contributed by atoms with Gasteiger partial charge < -0.3 is 9.64 Å². The average molecular weight is 594 g/mol. The molecule has 1 amide bonds. The molecule has 7 nitrogen and oxygen atoms in total. The molecule has 1 spiro atoms. The second-order valence-electron chi connectivity index (χ2n) is 11.1. The van der Waals surface area contributed by atoms with Crippen molar-refractivity contribution in [2.75, 3.05) is 20.7 Å². The molecular formula is C29H34Cl2N2O5S. The summed E-state index contributed by atoms with van der Waals surface area (Å²) in [5.41, 5.74) is 0.960. The Morgan fingerprint density at radius 1 is 1.10 bits per heavy atom. The van der Waals surface area contributed by atoms with Gasteiger partial charge in [0, 0.05) is 35.6 Å². The highest BCUT2D eigenvalue weighted by molar-refractivity contribution is 7.90. The van der Waals surface area contributed by atoms with Gasteiger partial charge in [0.15, 0.2) is 0 Å². The fourth-order valence-electron chi connectivity index (χ4n) is 6.31. The number of ether oxygens (including phenoxy) is 1. The van der Waals surface area contributed by atoms with E-state index in [0.29, 0.717) is 42.1 Å². The van der Waals surface area contributed by atoms with Gasteiger partial charge in [0.2, 0.25) is 15.9 Å². The van der Waals surface area contributed by atoms with Crippen LogP contribution in [0.1, 0.15) is 62.1 Å². The highest BCUT2D eigenvalue weighted by Crippen LogP contribution is 2.65. The summed E-state index contributed by atoms with van der Waals surface area (Å²) < 4.78 is 32.6. The second kappa shape index (κ2) is 10.7. The molecule has 210 valence electrons. The van der Waals surface area contributed by atoms with Crippen molar-refractivity contribution in [1.82, 2.24) is 9.21 Å². The van der Waals surface area contributed by atoms with Crippen molar-refractivity contribution in [3.63, 3.8) is 0 Å². The lowest BCUT2D eigenvalue weighted by Gasteiger charge is -2.49. The number of methoxy groups -OCH3 is 1. The molecule has 10 heteroatoms. The van der Waals surface area contributed by atoms with Crippen molar-refractivity contribution >= 4 is 45.1 Å². The molecule has 0 N–H and O–H groups in total. The number of nitrogens with zero attached hydrogens (tertiary/aromatic N) is 2. The zero-order chi connectivity index (χ0) is 28.1. The van der Waals surface area contributed by atoms with Crippen LogP contribution in [0.25, 0.3) is 0 Å². The first-order valence-electron chi connectivity index (χ1n) is 13.4. The minimum atomic E-state index is -3.44. The van der Waals surface area contributed by atoms with Gasteiger partial charge in [-0.3, -0.25) is 9.59 Å². The topological polar surface area (TPSA) is 84.0 Å². The first kappa shape index (κ1) is 28.4. The van der Waals surface area contributed by atoms with Crippen LogP contribution in [0.5, 0.6) is 0 Å². The predicted molar refractivity (Wildman–Crippen MR) is 151 cm³/mol. The van der Waals surface area contributed by atoms with Crippen molar-refractivity contribution in [1.29, 1.82) is 0 Å². The summed E-state index contributed by atoms with van der Waals surface area (Å²) in [7, 11) is -0.499. The van der Waals surface area contributed by atoms with E-state index in [1.54, 1.807) is 19.2 Å². The van der Waals surface area contributed by atoms with Crippen LogP contribution in [0.15, 0.2) is 48.5 Å². The van der Waals surface area contributed by atoms with Crippen LogP contribution in [-0.2, 0) is 24.3 Å². The molecule has 5 atom stereocenters. The number of rotatable bonds is 9. The maximum absolute atomic E-state index is 14.5. The van der Waals surface area contributed by atoms with Gasteiger partial charge in [0.25, 0.3) is 0 Å². The first-order valence-corrected chi connectivity index (χ1v) is 15.7. The van der Waals surface area contributed by atoms with E-state index in [1.165, 1.54) is 11.4 Å².